The zero-order valence-electron chi connectivity index (χ0n) is 11.1. The van der Waals surface area contributed by atoms with Gasteiger partial charge < -0.3 is 14.2 Å². The zero-order valence-corrected chi connectivity index (χ0v) is 11.1. The van der Waals surface area contributed by atoms with Gasteiger partial charge in [-0.05, 0) is 18.2 Å². The molecule has 0 amide bonds. The molecule has 0 saturated heterocycles. The first-order valence-electron chi connectivity index (χ1n) is 5.61. The first-order chi connectivity index (χ1) is 9.12. The maximum absolute atomic E-state index is 11.8. The van der Waals surface area contributed by atoms with Crippen molar-refractivity contribution in [3.63, 3.8) is 0 Å². The Morgan fingerprint density at radius 2 is 1.63 bits per heavy atom. The van der Waals surface area contributed by atoms with Gasteiger partial charge in [0, 0.05) is 18.1 Å². The van der Waals surface area contributed by atoms with Crippen LogP contribution in [0.5, 0.6) is 11.5 Å². The van der Waals surface area contributed by atoms with Gasteiger partial charge in [-0.15, -0.1) is 0 Å². The molecule has 0 unspecified atom stereocenters. The average Bonchev–Trinajstić information content (AvgIpc) is 2.44. The van der Waals surface area contributed by atoms with Crippen LogP contribution >= 0.6 is 0 Å². The lowest BCUT2D eigenvalue weighted by Crippen LogP contribution is -2.05. The minimum atomic E-state index is -0.569. The fourth-order valence-electron chi connectivity index (χ4n) is 1.56. The van der Waals surface area contributed by atoms with Gasteiger partial charge in [0.05, 0.1) is 21.3 Å². The highest BCUT2D eigenvalue weighted by molar-refractivity contribution is 5.97. The van der Waals surface area contributed by atoms with E-state index in [1.807, 2.05) is 0 Å². The number of benzene rings is 1. The number of methoxy groups -OCH3 is 3. The summed E-state index contributed by atoms with van der Waals surface area (Å²) in [5.41, 5.74) is 0.645. The Labute approximate surface area is 111 Å². The van der Waals surface area contributed by atoms with Gasteiger partial charge in [-0.1, -0.05) is 6.07 Å². The van der Waals surface area contributed by atoms with Crippen molar-refractivity contribution in [2.24, 2.45) is 0 Å². The van der Waals surface area contributed by atoms with E-state index in [2.05, 4.69) is 4.74 Å². The van der Waals surface area contributed by atoms with Gasteiger partial charge >= 0.3 is 5.97 Å². The molecule has 1 aromatic carbocycles. The van der Waals surface area contributed by atoms with Gasteiger partial charge in [-0.25, -0.2) is 4.79 Å². The molecule has 0 bridgehead atoms. The van der Waals surface area contributed by atoms with Crippen molar-refractivity contribution >= 4 is 11.8 Å². The number of rotatable bonds is 6. The van der Waals surface area contributed by atoms with Crippen molar-refractivity contribution in [1.29, 1.82) is 0 Å². The van der Waals surface area contributed by atoms with Crippen LogP contribution in [0.25, 0.3) is 0 Å². The quantitative estimate of drug-likeness (QED) is 0.576. The van der Waals surface area contributed by atoms with Crippen LogP contribution in [0.15, 0.2) is 30.4 Å². The molecule has 0 saturated carbocycles. The van der Waals surface area contributed by atoms with E-state index in [1.165, 1.54) is 27.4 Å². The largest absolute Gasteiger partial charge is 0.496 e. The van der Waals surface area contributed by atoms with E-state index in [4.69, 9.17) is 9.47 Å². The molecule has 102 valence electrons. The lowest BCUT2D eigenvalue weighted by atomic mass is 10.1. The van der Waals surface area contributed by atoms with Crippen LogP contribution < -0.4 is 9.47 Å². The lowest BCUT2D eigenvalue weighted by molar-refractivity contribution is -0.135. The number of hydrogen-bond donors (Lipinski definition) is 0. The number of hydrogen-bond acceptors (Lipinski definition) is 5. The molecule has 0 aliphatic heterocycles. The van der Waals surface area contributed by atoms with Crippen molar-refractivity contribution in [2.75, 3.05) is 21.3 Å². The first-order valence-corrected chi connectivity index (χ1v) is 5.61. The summed E-state index contributed by atoms with van der Waals surface area (Å²) >= 11 is 0. The second-order valence-corrected chi connectivity index (χ2v) is 3.64. The summed E-state index contributed by atoms with van der Waals surface area (Å²) in [6.45, 7) is 0. The van der Waals surface area contributed by atoms with Gasteiger partial charge in [0.25, 0.3) is 0 Å². The molecule has 5 heteroatoms. The van der Waals surface area contributed by atoms with Gasteiger partial charge in [0.2, 0.25) is 0 Å². The number of allylic oxidation sites excluding steroid dienone is 1. The number of ketones is 1. The third kappa shape index (κ3) is 4.13. The Bertz CT molecular complexity index is 468. The molecular formula is C14H16O5. The summed E-state index contributed by atoms with van der Waals surface area (Å²) in [6, 6.07) is 5.26. The van der Waals surface area contributed by atoms with Crippen LogP contribution in [0.1, 0.15) is 5.56 Å². The Morgan fingerprint density at radius 3 is 2.11 bits per heavy atom. The zero-order chi connectivity index (χ0) is 14.3. The minimum Gasteiger partial charge on any atom is -0.496 e. The highest BCUT2D eigenvalue weighted by Crippen LogP contribution is 2.28. The molecule has 0 N–H and O–H groups in total. The predicted molar refractivity (Wildman–Crippen MR) is 69.4 cm³/mol. The molecule has 0 aliphatic rings. The van der Waals surface area contributed by atoms with E-state index < -0.39 is 5.97 Å². The molecule has 5 nitrogen and oxygen atoms in total. The van der Waals surface area contributed by atoms with E-state index in [0.717, 1.165) is 6.08 Å². The number of ether oxygens (including phenoxy) is 3. The molecule has 0 heterocycles. The van der Waals surface area contributed by atoms with Crippen LogP contribution in [-0.4, -0.2) is 33.1 Å². The van der Waals surface area contributed by atoms with Crippen LogP contribution in [0, 0.1) is 0 Å². The van der Waals surface area contributed by atoms with Crippen molar-refractivity contribution in [3.8, 4) is 11.5 Å². The summed E-state index contributed by atoms with van der Waals surface area (Å²) in [4.78, 5) is 22.7. The molecule has 0 aromatic heterocycles. The van der Waals surface area contributed by atoms with Crippen LogP contribution in [0.2, 0.25) is 0 Å². The highest BCUT2D eigenvalue weighted by Gasteiger charge is 2.12. The van der Waals surface area contributed by atoms with Crippen molar-refractivity contribution in [2.45, 2.75) is 6.42 Å². The Balaban J connectivity index is 2.89. The SMILES string of the molecule is COC(=O)/C=C\C(=O)Cc1c(OC)cccc1OC. The van der Waals surface area contributed by atoms with Crippen LogP contribution in [0.3, 0.4) is 0 Å². The van der Waals surface area contributed by atoms with E-state index in [1.54, 1.807) is 18.2 Å². The van der Waals surface area contributed by atoms with E-state index in [9.17, 15) is 9.59 Å². The minimum absolute atomic E-state index is 0.0840. The lowest BCUT2D eigenvalue weighted by Gasteiger charge is -2.11. The fourth-order valence-corrected chi connectivity index (χ4v) is 1.56. The van der Waals surface area contributed by atoms with Gasteiger partial charge in [-0.2, -0.15) is 0 Å². The molecular weight excluding hydrogens is 248 g/mol. The summed E-state index contributed by atoms with van der Waals surface area (Å²) in [5.74, 6) is 0.326. The second-order valence-electron chi connectivity index (χ2n) is 3.64. The average molecular weight is 264 g/mol. The second kappa shape index (κ2) is 7.20. The first kappa shape index (κ1) is 14.8. The Morgan fingerprint density at radius 1 is 1.05 bits per heavy atom. The molecule has 0 atom stereocenters. The third-order valence-electron chi connectivity index (χ3n) is 2.49. The third-order valence-corrected chi connectivity index (χ3v) is 2.49. The molecule has 1 aromatic rings. The van der Waals surface area contributed by atoms with E-state index in [0.29, 0.717) is 17.1 Å². The topological polar surface area (TPSA) is 61.8 Å². The van der Waals surface area contributed by atoms with Crippen LogP contribution in [0.4, 0.5) is 0 Å². The van der Waals surface area contributed by atoms with Crippen molar-refractivity contribution in [3.05, 3.63) is 35.9 Å². The Hall–Kier alpha value is -2.30. The Kier molecular flexibility index (Phi) is 5.60. The maximum atomic E-state index is 11.8. The van der Waals surface area contributed by atoms with Gasteiger partial charge in [-0.3, -0.25) is 4.79 Å². The smallest absolute Gasteiger partial charge is 0.330 e. The van der Waals surface area contributed by atoms with E-state index in [-0.39, 0.29) is 12.2 Å². The summed E-state index contributed by atoms with van der Waals surface area (Å²) in [5, 5.41) is 0. The molecule has 0 spiro atoms. The molecule has 1 rings (SSSR count). The number of carbonyl (C=O) groups excluding carboxylic acids is 2. The molecule has 0 aliphatic carbocycles. The van der Waals surface area contributed by atoms with Gasteiger partial charge in [0.15, 0.2) is 5.78 Å². The molecule has 0 radical (unpaired) electrons. The summed E-state index contributed by atoms with van der Waals surface area (Å²) in [6.07, 6.45) is 2.35. The van der Waals surface area contributed by atoms with E-state index >= 15 is 0 Å². The summed E-state index contributed by atoms with van der Waals surface area (Å²) < 4.78 is 14.8. The maximum Gasteiger partial charge on any atom is 0.330 e. The normalized spacial score (nSPS) is 10.3. The van der Waals surface area contributed by atoms with Crippen molar-refractivity contribution < 1.29 is 23.8 Å². The van der Waals surface area contributed by atoms with Gasteiger partial charge in [0.1, 0.15) is 11.5 Å². The fraction of sp³-hybridized carbons (Fsp3) is 0.286. The summed E-state index contributed by atoms with van der Waals surface area (Å²) in [7, 11) is 4.29. The molecule has 19 heavy (non-hydrogen) atoms. The number of esters is 1. The standard InChI is InChI=1S/C14H16O5/c1-17-12-5-4-6-13(18-2)11(12)9-10(15)7-8-14(16)19-3/h4-8H,9H2,1-3H3/b8-7-. The predicted octanol–water partition coefficient (Wildman–Crippen LogP) is 1.54. The molecule has 0 fully saturated rings. The van der Waals surface area contributed by atoms with Crippen LogP contribution in [-0.2, 0) is 20.7 Å². The monoisotopic (exact) mass is 264 g/mol. The number of carbonyl (C=O) groups is 2. The highest BCUT2D eigenvalue weighted by atomic mass is 16.5. The van der Waals surface area contributed by atoms with Crippen molar-refractivity contribution in [1.82, 2.24) is 0 Å².